The Bertz CT molecular complexity index is 3780. The largest absolute Gasteiger partial charge is 0.311 e. The van der Waals surface area contributed by atoms with Crippen molar-refractivity contribution in [2.24, 2.45) is 0 Å². The third-order valence-corrected chi connectivity index (χ3v) is 14.5. The first-order valence-corrected chi connectivity index (χ1v) is 23.5. The van der Waals surface area contributed by atoms with E-state index < -0.39 is 4.33 Å². The van der Waals surface area contributed by atoms with Crippen LogP contribution in [0.3, 0.4) is 0 Å². The van der Waals surface area contributed by atoms with Gasteiger partial charge in [0.15, 0.2) is 4.33 Å². The molecule has 0 saturated heterocycles. The van der Waals surface area contributed by atoms with Crippen LogP contribution >= 0.6 is 23.2 Å². The van der Waals surface area contributed by atoms with Crippen molar-refractivity contribution < 1.29 is 0 Å². The maximum Gasteiger partial charge on any atom is 0.169 e. The summed E-state index contributed by atoms with van der Waals surface area (Å²) >= 11 is 14.4. The zero-order chi connectivity index (χ0) is 44.6. The Morgan fingerprint density at radius 2 is 0.776 bits per heavy atom. The summed E-state index contributed by atoms with van der Waals surface area (Å²) in [5.74, 6) is 0. The molecule has 316 valence electrons. The number of fused-ring (bicyclic) bond motifs is 8. The van der Waals surface area contributed by atoms with Crippen molar-refractivity contribution in [2.75, 3.05) is 4.90 Å². The minimum Gasteiger partial charge on any atom is -0.311 e. The predicted molar refractivity (Wildman–Crippen MR) is 285 cm³/mol. The van der Waals surface area contributed by atoms with Gasteiger partial charge >= 0.3 is 0 Å². The van der Waals surface area contributed by atoms with Crippen molar-refractivity contribution >= 4 is 83.6 Å². The molecule has 1 aromatic heterocycles. The minimum atomic E-state index is -1.13. The quantitative estimate of drug-likeness (QED) is 0.114. The molecule has 67 heavy (non-hydrogen) atoms. The lowest BCUT2D eigenvalue weighted by atomic mass is 9.85. The average Bonchev–Trinajstić information content (AvgIpc) is 3.84. The molecule has 4 heteroatoms. The van der Waals surface area contributed by atoms with E-state index in [2.05, 4.69) is 234 Å². The molecule has 12 aromatic rings. The Labute approximate surface area is 399 Å². The first-order valence-electron chi connectivity index (χ1n) is 22.7. The molecule has 0 aliphatic heterocycles. The number of aromatic nitrogens is 1. The predicted octanol–water partition coefficient (Wildman–Crippen LogP) is 18.2. The summed E-state index contributed by atoms with van der Waals surface area (Å²) in [4.78, 5) is 2.30. The number of rotatable bonds is 7. The lowest BCUT2D eigenvalue weighted by Gasteiger charge is -2.25. The second-order valence-corrected chi connectivity index (χ2v) is 18.7. The maximum absolute atomic E-state index is 7.18. The molecule has 0 N–H and O–H groups in total. The normalized spacial score (nSPS) is 12.7. The first kappa shape index (κ1) is 39.5. The molecule has 1 heterocycles. The molecule has 1 aliphatic rings. The van der Waals surface area contributed by atoms with E-state index in [-0.39, 0.29) is 0 Å². The summed E-state index contributed by atoms with van der Waals surface area (Å²) < 4.78 is 1.27. The summed E-state index contributed by atoms with van der Waals surface area (Å²) in [5, 5.41) is 7.20. The summed E-state index contributed by atoms with van der Waals surface area (Å²) in [7, 11) is 0. The highest BCUT2D eigenvalue weighted by molar-refractivity contribution is 6.51. The van der Waals surface area contributed by atoms with Crippen LogP contribution in [0.25, 0.3) is 93.5 Å². The van der Waals surface area contributed by atoms with Crippen LogP contribution in [-0.4, -0.2) is 4.57 Å². The first-order chi connectivity index (χ1) is 33.0. The Kier molecular flexibility index (Phi) is 9.22. The van der Waals surface area contributed by atoms with Gasteiger partial charge in [-0.15, -0.1) is 0 Å². The molecule has 0 fully saturated rings. The van der Waals surface area contributed by atoms with Crippen LogP contribution in [0.15, 0.2) is 243 Å². The molecule has 0 amide bonds. The van der Waals surface area contributed by atoms with Gasteiger partial charge < -0.3 is 9.47 Å². The van der Waals surface area contributed by atoms with Gasteiger partial charge in [-0.25, -0.2) is 0 Å². The molecule has 0 unspecified atom stereocenters. The molecule has 0 saturated carbocycles. The molecule has 2 nitrogen and oxygen atoms in total. The summed E-state index contributed by atoms with van der Waals surface area (Å²) in [6.45, 7) is 0. The lowest BCUT2D eigenvalue weighted by molar-refractivity contribution is 1.09. The number of hydrogen-bond donors (Lipinski definition) is 0. The fourth-order valence-electron chi connectivity index (χ4n) is 10.7. The van der Waals surface area contributed by atoms with Crippen LogP contribution in [0.2, 0.25) is 0 Å². The second kappa shape index (κ2) is 15.6. The van der Waals surface area contributed by atoms with Crippen LogP contribution in [0.5, 0.6) is 0 Å². The van der Waals surface area contributed by atoms with Crippen molar-refractivity contribution in [3.05, 3.63) is 254 Å². The smallest absolute Gasteiger partial charge is 0.169 e. The van der Waals surface area contributed by atoms with Crippen LogP contribution in [0, 0.1) is 0 Å². The van der Waals surface area contributed by atoms with Gasteiger partial charge in [0.2, 0.25) is 0 Å². The van der Waals surface area contributed by atoms with Gasteiger partial charge in [0.1, 0.15) is 0 Å². The standard InChI is InChI=1S/C63H40Cl2N2/c64-63(65)57-25-13-11-19-49(57)50-37-31-44(40-58(50)63)62-54-23-9-7-21-52(54)61(53-22-8-10-24-55(53)62)42-29-35-48(36-30-42)67-59-26-14-12-20-51(59)56-39-43(32-38-60(56)67)41-27-33-47(34-28-41)66(45-15-3-1-4-16-45)46-17-5-2-6-18-46/h1-40H. The van der Waals surface area contributed by atoms with Crippen LogP contribution in [-0.2, 0) is 4.33 Å². The van der Waals surface area contributed by atoms with Gasteiger partial charge in [-0.3, -0.25) is 0 Å². The van der Waals surface area contributed by atoms with Crippen molar-refractivity contribution in [3.8, 4) is 50.2 Å². The molecule has 1 aliphatic carbocycles. The maximum atomic E-state index is 7.18. The van der Waals surface area contributed by atoms with Crippen molar-refractivity contribution in [1.82, 2.24) is 4.57 Å². The fourth-order valence-corrected chi connectivity index (χ4v) is 11.3. The minimum absolute atomic E-state index is 0.924. The number of benzene rings is 11. The molecule has 0 atom stereocenters. The number of nitrogens with zero attached hydrogens (tertiary/aromatic N) is 2. The van der Waals surface area contributed by atoms with Crippen LogP contribution in [0.1, 0.15) is 11.1 Å². The number of alkyl halides is 2. The van der Waals surface area contributed by atoms with E-state index in [0.29, 0.717) is 0 Å². The van der Waals surface area contributed by atoms with Gasteiger partial charge in [0.05, 0.1) is 11.0 Å². The highest BCUT2D eigenvalue weighted by Crippen LogP contribution is 2.55. The van der Waals surface area contributed by atoms with Crippen molar-refractivity contribution in [1.29, 1.82) is 0 Å². The van der Waals surface area contributed by atoms with Gasteiger partial charge in [-0.2, -0.15) is 0 Å². The molecular formula is C63H40Cl2N2. The average molecular weight is 896 g/mol. The zero-order valence-electron chi connectivity index (χ0n) is 36.2. The van der Waals surface area contributed by atoms with Gasteiger partial charge in [-0.1, -0.05) is 193 Å². The van der Waals surface area contributed by atoms with E-state index in [1.54, 1.807) is 0 Å². The van der Waals surface area contributed by atoms with E-state index >= 15 is 0 Å². The Balaban J connectivity index is 0.888. The Morgan fingerprint density at radius 3 is 1.42 bits per heavy atom. The lowest BCUT2D eigenvalue weighted by Crippen LogP contribution is -2.09. The molecular weight excluding hydrogens is 856 g/mol. The summed E-state index contributed by atoms with van der Waals surface area (Å²) in [5.41, 5.74) is 17.8. The van der Waals surface area contributed by atoms with E-state index in [1.807, 2.05) is 18.2 Å². The SMILES string of the molecule is ClC1(Cl)c2ccccc2-c2ccc(-c3c4ccccc4c(-c4ccc(-n5c6ccccc6c6cc(-c7ccc(N(c8ccccc8)c8ccccc8)cc7)ccc65)cc4)c4ccccc34)cc21. The molecule has 0 bridgehead atoms. The summed E-state index contributed by atoms with van der Waals surface area (Å²) in [6, 6.07) is 87.1. The van der Waals surface area contributed by atoms with E-state index in [1.165, 1.54) is 65.6 Å². The number of anilines is 3. The zero-order valence-corrected chi connectivity index (χ0v) is 37.8. The monoisotopic (exact) mass is 894 g/mol. The molecule has 11 aromatic carbocycles. The second-order valence-electron chi connectivity index (χ2n) is 17.4. The Hall–Kier alpha value is -7.88. The number of halogens is 2. The Morgan fingerprint density at radius 1 is 0.313 bits per heavy atom. The number of hydrogen-bond acceptors (Lipinski definition) is 1. The van der Waals surface area contributed by atoms with Crippen molar-refractivity contribution in [2.45, 2.75) is 4.33 Å². The summed E-state index contributed by atoms with van der Waals surface area (Å²) in [6.07, 6.45) is 0. The van der Waals surface area contributed by atoms with Gasteiger partial charge in [0, 0.05) is 44.6 Å². The van der Waals surface area contributed by atoms with Crippen LogP contribution in [0.4, 0.5) is 17.1 Å². The molecule has 0 spiro atoms. The third-order valence-electron chi connectivity index (χ3n) is 13.7. The molecule has 0 radical (unpaired) electrons. The van der Waals surface area contributed by atoms with Crippen molar-refractivity contribution in [3.63, 3.8) is 0 Å². The van der Waals surface area contributed by atoms with E-state index in [9.17, 15) is 0 Å². The van der Waals surface area contributed by atoms with E-state index in [0.717, 1.165) is 56.1 Å². The highest BCUT2D eigenvalue weighted by atomic mass is 35.5. The highest BCUT2D eigenvalue weighted by Gasteiger charge is 2.40. The third kappa shape index (κ3) is 6.32. The van der Waals surface area contributed by atoms with Crippen LogP contribution < -0.4 is 4.90 Å². The van der Waals surface area contributed by atoms with Gasteiger partial charge in [0.25, 0.3) is 0 Å². The van der Waals surface area contributed by atoms with Gasteiger partial charge in [-0.05, 0) is 139 Å². The number of para-hydroxylation sites is 3. The fraction of sp³-hybridized carbons (Fsp3) is 0.0159. The molecule has 13 rings (SSSR count). The topological polar surface area (TPSA) is 8.17 Å². The van der Waals surface area contributed by atoms with E-state index in [4.69, 9.17) is 23.2 Å².